The van der Waals surface area contributed by atoms with Crippen molar-refractivity contribution in [3.05, 3.63) is 41.7 Å². The molecule has 0 aliphatic carbocycles. The molecule has 1 unspecified atom stereocenters. The molecular weight excluding hydrogens is 308 g/mol. The third kappa shape index (κ3) is 4.41. The first kappa shape index (κ1) is 17.7. The molecule has 1 aromatic heterocycles. The summed E-state index contributed by atoms with van der Waals surface area (Å²) in [5, 5.41) is 11.1. The molecule has 7 nitrogen and oxygen atoms in total. The van der Waals surface area contributed by atoms with Crippen LogP contribution in [0.2, 0.25) is 0 Å². The van der Waals surface area contributed by atoms with Crippen LogP contribution in [0.25, 0.3) is 5.69 Å². The maximum absolute atomic E-state index is 12.1. The van der Waals surface area contributed by atoms with Crippen LogP contribution >= 0.6 is 0 Å². The number of hydrogen-bond donors (Lipinski definition) is 1. The summed E-state index contributed by atoms with van der Waals surface area (Å²) in [6.07, 6.45) is 0. The first-order chi connectivity index (χ1) is 11.4. The lowest BCUT2D eigenvalue weighted by Gasteiger charge is -2.17. The Morgan fingerprint density at radius 3 is 2.46 bits per heavy atom. The van der Waals surface area contributed by atoms with Crippen molar-refractivity contribution in [2.75, 3.05) is 6.61 Å². The van der Waals surface area contributed by atoms with Crippen molar-refractivity contribution in [3.63, 3.8) is 0 Å². The summed E-state index contributed by atoms with van der Waals surface area (Å²) in [5.41, 5.74) is 1.28. The lowest BCUT2D eigenvalue weighted by molar-refractivity contribution is -0.125. The topological polar surface area (TPSA) is 86.1 Å². The van der Waals surface area contributed by atoms with E-state index in [0.29, 0.717) is 11.6 Å². The van der Waals surface area contributed by atoms with E-state index in [1.165, 1.54) is 4.80 Å². The number of carbonyl (C=O) groups excluding carboxylic acids is 2. The average molecular weight is 330 g/mol. The van der Waals surface area contributed by atoms with Crippen molar-refractivity contribution in [3.8, 4) is 5.69 Å². The van der Waals surface area contributed by atoms with E-state index in [2.05, 4.69) is 15.5 Å². The maximum Gasteiger partial charge on any atom is 0.361 e. The van der Waals surface area contributed by atoms with E-state index in [1.54, 1.807) is 6.92 Å². The highest BCUT2D eigenvalue weighted by atomic mass is 16.5. The Bertz CT molecular complexity index is 710. The number of aromatic nitrogens is 3. The van der Waals surface area contributed by atoms with E-state index in [-0.39, 0.29) is 24.2 Å². The first-order valence-electron chi connectivity index (χ1n) is 7.84. The first-order valence-corrected chi connectivity index (χ1v) is 7.84. The molecule has 0 saturated heterocycles. The molecular formula is C17H22N4O3. The SMILES string of the molecule is Cc1nn(-c2ccccc2)nc1C(=O)OCC(=O)NC(C)C(C)C. The van der Waals surface area contributed by atoms with Crippen molar-refractivity contribution in [1.82, 2.24) is 20.3 Å². The Labute approximate surface area is 141 Å². The highest BCUT2D eigenvalue weighted by molar-refractivity contribution is 5.90. The van der Waals surface area contributed by atoms with E-state index >= 15 is 0 Å². The van der Waals surface area contributed by atoms with Gasteiger partial charge in [0.15, 0.2) is 12.3 Å². The molecule has 1 heterocycles. The van der Waals surface area contributed by atoms with Gasteiger partial charge in [-0.25, -0.2) is 4.79 Å². The number of ether oxygens (including phenoxy) is 1. The highest BCUT2D eigenvalue weighted by Gasteiger charge is 2.19. The van der Waals surface area contributed by atoms with E-state index in [9.17, 15) is 9.59 Å². The Kier molecular flexibility index (Phi) is 5.68. The number of nitrogens with zero attached hydrogens (tertiary/aromatic N) is 3. The molecule has 128 valence electrons. The van der Waals surface area contributed by atoms with Crippen LogP contribution in [0, 0.1) is 12.8 Å². The van der Waals surface area contributed by atoms with E-state index in [4.69, 9.17) is 4.74 Å². The molecule has 0 bridgehead atoms. The zero-order chi connectivity index (χ0) is 17.7. The summed E-state index contributed by atoms with van der Waals surface area (Å²) in [5.74, 6) is -0.697. The Balaban J connectivity index is 1.98. The minimum Gasteiger partial charge on any atom is -0.451 e. The number of aryl methyl sites for hydroxylation is 1. The highest BCUT2D eigenvalue weighted by Crippen LogP contribution is 2.09. The Morgan fingerprint density at radius 1 is 1.17 bits per heavy atom. The zero-order valence-corrected chi connectivity index (χ0v) is 14.3. The van der Waals surface area contributed by atoms with Crippen LogP contribution in [-0.4, -0.2) is 39.5 Å². The fourth-order valence-electron chi connectivity index (χ4n) is 1.91. The van der Waals surface area contributed by atoms with Crippen LogP contribution in [0.4, 0.5) is 0 Å². The number of benzene rings is 1. The molecule has 1 amide bonds. The third-order valence-corrected chi connectivity index (χ3v) is 3.69. The summed E-state index contributed by atoms with van der Waals surface area (Å²) in [7, 11) is 0. The van der Waals surface area contributed by atoms with Crippen LogP contribution in [0.5, 0.6) is 0 Å². The van der Waals surface area contributed by atoms with Crippen LogP contribution in [0.3, 0.4) is 0 Å². The zero-order valence-electron chi connectivity index (χ0n) is 14.3. The van der Waals surface area contributed by atoms with Crippen molar-refractivity contribution in [1.29, 1.82) is 0 Å². The fraction of sp³-hybridized carbons (Fsp3) is 0.412. The summed E-state index contributed by atoms with van der Waals surface area (Å²) < 4.78 is 5.03. The van der Waals surface area contributed by atoms with Gasteiger partial charge in [0.25, 0.3) is 5.91 Å². The van der Waals surface area contributed by atoms with Gasteiger partial charge in [-0.3, -0.25) is 4.79 Å². The molecule has 0 radical (unpaired) electrons. The second-order valence-electron chi connectivity index (χ2n) is 5.94. The van der Waals surface area contributed by atoms with Crippen LogP contribution in [-0.2, 0) is 9.53 Å². The number of carbonyl (C=O) groups is 2. The standard InChI is InChI=1S/C17H22N4O3/c1-11(2)12(3)18-15(22)10-24-17(23)16-13(4)19-21(20-16)14-8-6-5-7-9-14/h5-9,11-12H,10H2,1-4H3,(H,18,22). The van der Waals surface area contributed by atoms with Gasteiger partial charge in [0.1, 0.15) is 0 Å². The van der Waals surface area contributed by atoms with Crippen LogP contribution < -0.4 is 5.32 Å². The van der Waals surface area contributed by atoms with Crippen molar-refractivity contribution in [2.24, 2.45) is 5.92 Å². The molecule has 0 saturated carbocycles. The average Bonchev–Trinajstić information content (AvgIpc) is 2.95. The number of hydrogen-bond acceptors (Lipinski definition) is 5. The molecule has 2 rings (SSSR count). The van der Waals surface area contributed by atoms with Crippen molar-refractivity contribution in [2.45, 2.75) is 33.7 Å². The second-order valence-corrected chi connectivity index (χ2v) is 5.94. The number of nitrogens with one attached hydrogen (secondary N) is 1. The van der Waals surface area contributed by atoms with E-state index < -0.39 is 5.97 Å². The Morgan fingerprint density at radius 2 is 1.83 bits per heavy atom. The predicted octanol–water partition coefficient (Wildman–Crippen LogP) is 1.89. The molecule has 2 aromatic rings. The van der Waals surface area contributed by atoms with Crippen molar-refractivity contribution < 1.29 is 14.3 Å². The summed E-state index contributed by atoms with van der Waals surface area (Å²) >= 11 is 0. The summed E-state index contributed by atoms with van der Waals surface area (Å²) in [6.45, 7) is 7.24. The normalized spacial score (nSPS) is 12.0. The van der Waals surface area contributed by atoms with Gasteiger partial charge in [-0.1, -0.05) is 32.0 Å². The number of esters is 1. The number of amides is 1. The fourth-order valence-corrected chi connectivity index (χ4v) is 1.91. The summed E-state index contributed by atoms with van der Waals surface area (Å²) in [6, 6.07) is 9.26. The van der Waals surface area contributed by atoms with E-state index in [1.807, 2.05) is 51.1 Å². The van der Waals surface area contributed by atoms with Gasteiger partial charge in [0.2, 0.25) is 0 Å². The maximum atomic E-state index is 12.1. The number of para-hydroxylation sites is 1. The minimum atomic E-state index is -0.665. The quantitative estimate of drug-likeness (QED) is 0.818. The van der Waals surface area contributed by atoms with Gasteiger partial charge in [0.05, 0.1) is 11.4 Å². The number of rotatable bonds is 6. The molecule has 0 fully saturated rings. The Hall–Kier alpha value is -2.70. The molecule has 1 atom stereocenters. The van der Waals surface area contributed by atoms with Gasteiger partial charge in [-0.05, 0) is 31.9 Å². The van der Waals surface area contributed by atoms with E-state index in [0.717, 1.165) is 5.69 Å². The minimum absolute atomic E-state index is 0.0110. The van der Waals surface area contributed by atoms with Crippen LogP contribution in [0.1, 0.15) is 37.0 Å². The molecule has 0 spiro atoms. The molecule has 0 aliphatic heterocycles. The molecule has 24 heavy (non-hydrogen) atoms. The van der Waals surface area contributed by atoms with Gasteiger partial charge >= 0.3 is 5.97 Å². The molecule has 0 aliphatic rings. The van der Waals surface area contributed by atoms with Gasteiger partial charge in [-0.15, -0.1) is 5.10 Å². The van der Waals surface area contributed by atoms with Gasteiger partial charge in [-0.2, -0.15) is 9.90 Å². The largest absolute Gasteiger partial charge is 0.451 e. The van der Waals surface area contributed by atoms with Gasteiger partial charge in [0, 0.05) is 6.04 Å². The molecule has 1 aromatic carbocycles. The second kappa shape index (κ2) is 7.72. The smallest absolute Gasteiger partial charge is 0.361 e. The lowest BCUT2D eigenvalue weighted by atomic mass is 10.1. The van der Waals surface area contributed by atoms with Crippen molar-refractivity contribution >= 4 is 11.9 Å². The predicted molar refractivity (Wildman–Crippen MR) is 88.8 cm³/mol. The monoisotopic (exact) mass is 330 g/mol. The van der Waals surface area contributed by atoms with Gasteiger partial charge < -0.3 is 10.1 Å². The molecule has 7 heteroatoms. The lowest BCUT2D eigenvalue weighted by Crippen LogP contribution is -2.38. The molecule has 1 N–H and O–H groups in total. The third-order valence-electron chi connectivity index (χ3n) is 3.69. The van der Waals surface area contributed by atoms with Crippen LogP contribution in [0.15, 0.2) is 30.3 Å². The summed E-state index contributed by atoms with van der Waals surface area (Å²) in [4.78, 5) is 25.3.